The van der Waals surface area contributed by atoms with Crippen molar-refractivity contribution >= 4 is 40.8 Å². The average Bonchev–Trinajstić information content (AvgIpc) is 2.88. The van der Waals surface area contributed by atoms with Crippen LogP contribution >= 0.6 is 12.2 Å². The van der Waals surface area contributed by atoms with Crippen molar-refractivity contribution in [3.8, 4) is 0 Å². The van der Waals surface area contributed by atoms with E-state index in [4.69, 9.17) is 12.2 Å². The summed E-state index contributed by atoms with van der Waals surface area (Å²) < 4.78 is 0. The first-order valence-electron chi connectivity index (χ1n) is 7.05. The van der Waals surface area contributed by atoms with E-state index in [-0.39, 0.29) is 28.9 Å². The smallest absolute Gasteiger partial charge is 0.292 e. The molecule has 0 saturated carbocycles. The van der Waals surface area contributed by atoms with Crippen molar-refractivity contribution in [3.05, 3.63) is 70.3 Å². The summed E-state index contributed by atoms with van der Waals surface area (Å²) in [5.74, 6) is -0.342. The molecule has 0 spiro atoms. The third kappa shape index (κ3) is 2.99. The summed E-state index contributed by atoms with van der Waals surface area (Å²) in [7, 11) is 0. The Kier molecular flexibility index (Phi) is 4.30. The van der Waals surface area contributed by atoms with Crippen LogP contribution in [0.25, 0.3) is 0 Å². The Labute approximate surface area is 143 Å². The topological polar surface area (TPSA) is 79.0 Å². The third-order valence-electron chi connectivity index (χ3n) is 3.43. The number of hydrazone groups is 1. The largest absolute Gasteiger partial charge is 0.302 e. The SMILES string of the molecule is O=C1CN(c2ccccc2[N+](=O)[O-])C(=S)N1N=Cc1ccccc1. The summed E-state index contributed by atoms with van der Waals surface area (Å²) in [6, 6.07) is 15.4. The lowest BCUT2D eigenvalue weighted by atomic mass is 10.2. The molecule has 0 unspecified atom stereocenters. The monoisotopic (exact) mass is 340 g/mol. The van der Waals surface area contributed by atoms with Crippen molar-refractivity contribution in [3.63, 3.8) is 0 Å². The number of rotatable bonds is 4. The molecule has 7 nitrogen and oxygen atoms in total. The van der Waals surface area contributed by atoms with Crippen molar-refractivity contribution in [1.82, 2.24) is 5.01 Å². The first-order chi connectivity index (χ1) is 11.6. The number of nitro groups is 1. The molecule has 0 bridgehead atoms. The van der Waals surface area contributed by atoms with E-state index >= 15 is 0 Å². The molecular weight excluding hydrogens is 328 g/mol. The highest BCUT2D eigenvalue weighted by Crippen LogP contribution is 2.30. The van der Waals surface area contributed by atoms with Gasteiger partial charge in [0.2, 0.25) is 5.11 Å². The molecule has 24 heavy (non-hydrogen) atoms. The second kappa shape index (κ2) is 6.55. The maximum atomic E-state index is 12.2. The summed E-state index contributed by atoms with van der Waals surface area (Å²) in [6.07, 6.45) is 1.52. The minimum Gasteiger partial charge on any atom is -0.302 e. The quantitative estimate of drug-likeness (QED) is 0.370. The van der Waals surface area contributed by atoms with Gasteiger partial charge in [0.05, 0.1) is 11.1 Å². The van der Waals surface area contributed by atoms with Crippen molar-refractivity contribution in [2.24, 2.45) is 5.10 Å². The molecule has 1 aliphatic heterocycles. The number of nitrogens with zero attached hydrogens (tertiary/aromatic N) is 4. The molecule has 0 N–H and O–H groups in total. The highest BCUT2D eigenvalue weighted by molar-refractivity contribution is 7.80. The summed E-state index contributed by atoms with van der Waals surface area (Å²) in [5, 5.41) is 16.5. The van der Waals surface area contributed by atoms with Gasteiger partial charge >= 0.3 is 0 Å². The number of carbonyl (C=O) groups is 1. The van der Waals surface area contributed by atoms with E-state index in [0.717, 1.165) is 10.6 Å². The normalized spacial score (nSPS) is 14.7. The first-order valence-corrected chi connectivity index (χ1v) is 7.45. The molecule has 1 amide bonds. The fourth-order valence-electron chi connectivity index (χ4n) is 2.30. The van der Waals surface area contributed by atoms with Gasteiger partial charge in [-0.1, -0.05) is 42.5 Å². The van der Waals surface area contributed by atoms with Crippen molar-refractivity contribution in [2.75, 3.05) is 11.4 Å². The van der Waals surface area contributed by atoms with Crippen LogP contribution in [-0.4, -0.2) is 33.7 Å². The molecule has 1 heterocycles. The van der Waals surface area contributed by atoms with Gasteiger partial charge in [-0.05, 0) is 23.8 Å². The minimum absolute atomic E-state index is 0.0875. The number of nitro benzene ring substituents is 1. The van der Waals surface area contributed by atoms with Crippen LogP contribution in [-0.2, 0) is 4.79 Å². The van der Waals surface area contributed by atoms with Crippen LogP contribution in [0.2, 0.25) is 0 Å². The van der Waals surface area contributed by atoms with Gasteiger partial charge in [-0.25, -0.2) is 0 Å². The molecule has 1 saturated heterocycles. The van der Waals surface area contributed by atoms with Crippen LogP contribution in [0.1, 0.15) is 5.56 Å². The number of thiocarbonyl (C=S) groups is 1. The zero-order chi connectivity index (χ0) is 17.1. The van der Waals surface area contributed by atoms with Crippen LogP contribution in [0.3, 0.4) is 0 Å². The zero-order valence-corrected chi connectivity index (χ0v) is 13.2. The van der Waals surface area contributed by atoms with E-state index < -0.39 is 4.92 Å². The van der Waals surface area contributed by atoms with E-state index in [9.17, 15) is 14.9 Å². The van der Waals surface area contributed by atoms with Crippen molar-refractivity contribution < 1.29 is 9.72 Å². The van der Waals surface area contributed by atoms with E-state index in [1.54, 1.807) is 18.2 Å². The summed E-state index contributed by atoms with van der Waals surface area (Å²) in [5.41, 5.74) is 0.983. The molecule has 3 rings (SSSR count). The van der Waals surface area contributed by atoms with Crippen LogP contribution in [0, 0.1) is 10.1 Å². The van der Waals surface area contributed by atoms with Crippen molar-refractivity contribution in [1.29, 1.82) is 0 Å². The fourth-order valence-corrected chi connectivity index (χ4v) is 2.62. The number of benzene rings is 2. The highest BCUT2D eigenvalue weighted by Gasteiger charge is 2.36. The van der Waals surface area contributed by atoms with E-state index in [0.29, 0.717) is 0 Å². The Hall–Kier alpha value is -3.13. The molecule has 120 valence electrons. The molecular formula is C16H12N4O3S. The second-order valence-corrected chi connectivity index (χ2v) is 5.34. The van der Waals surface area contributed by atoms with E-state index in [1.807, 2.05) is 30.3 Å². The highest BCUT2D eigenvalue weighted by atomic mass is 32.1. The number of hydrogen-bond acceptors (Lipinski definition) is 5. The average molecular weight is 340 g/mol. The number of carbonyl (C=O) groups excluding carboxylic acids is 1. The molecule has 1 aliphatic rings. The van der Waals surface area contributed by atoms with Gasteiger partial charge < -0.3 is 4.90 Å². The number of amides is 1. The number of hydrogen-bond donors (Lipinski definition) is 0. The van der Waals surface area contributed by atoms with Gasteiger partial charge in [0.15, 0.2) is 0 Å². The predicted molar refractivity (Wildman–Crippen MR) is 93.9 cm³/mol. The second-order valence-electron chi connectivity index (χ2n) is 4.98. The summed E-state index contributed by atoms with van der Waals surface area (Å²) >= 11 is 5.28. The first kappa shape index (κ1) is 15.8. The van der Waals surface area contributed by atoms with Crippen LogP contribution in [0.5, 0.6) is 0 Å². The van der Waals surface area contributed by atoms with Crippen molar-refractivity contribution in [2.45, 2.75) is 0 Å². The Morgan fingerprint density at radius 1 is 1.12 bits per heavy atom. The molecule has 8 heteroatoms. The lowest BCUT2D eigenvalue weighted by molar-refractivity contribution is -0.384. The predicted octanol–water partition coefficient (Wildman–Crippen LogP) is 2.56. The zero-order valence-electron chi connectivity index (χ0n) is 12.4. The Balaban J connectivity index is 1.87. The lowest BCUT2D eigenvalue weighted by Gasteiger charge is -2.17. The molecule has 1 fully saturated rings. The minimum atomic E-state index is -0.502. The summed E-state index contributed by atoms with van der Waals surface area (Å²) in [6.45, 7) is -0.0875. The molecule has 2 aromatic rings. The van der Waals surface area contributed by atoms with E-state index in [2.05, 4.69) is 5.10 Å². The Bertz CT molecular complexity index is 838. The number of anilines is 1. The molecule has 0 atom stereocenters. The molecule has 2 aromatic carbocycles. The van der Waals surface area contributed by atoms with Gasteiger partial charge in [-0.3, -0.25) is 14.9 Å². The molecule has 0 aliphatic carbocycles. The van der Waals surface area contributed by atoms with Crippen LogP contribution < -0.4 is 4.90 Å². The third-order valence-corrected chi connectivity index (χ3v) is 3.83. The maximum absolute atomic E-state index is 12.2. The van der Waals surface area contributed by atoms with Crippen LogP contribution in [0.4, 0.5) is 11.4 Å². The van der Waals surface area contributed by atoms with Gasteiger partial charge in [0.1, 0.15) is 12.2 Å². The Morgan fingerprint density at radius 2 is 1.79 bits per heavy atom. The van der Waals surface area contributed by atoms with Gasteiger partial charge in [-0.2, -0.15) is 10.1 Å². The lowest BCUT2D eigenvalue weighted by Crippen LogP contribution is -2.29. The van der Waals surface area contributed by atoms with Gasteiger partial charge in [-0.15, -0.1) is 0 Å². The van der Waals surface area contributed by atoms with Gasteiger partial charge in [0, 0.05) is 6.07 Å². The summed E-state index contributed by atoms with van der Waals surface area (Å²) in [4.78, 5) is 24.3. The Morgan fingerprint density at radius 3 is 2.50 bits per heavy atom. The van der Waals surface area contributed by atoms with Crippen LogP contribution in [0.15, 0.2) is 59.7 Å². The standard InChI is InChI=1S/C16H12N4O3S/c21-15-11-18(13-8-4-5-9-14(13)20(22)23)16(24)19(15)17-10-12-6-2-1-3-7-12/h1-10H,11H2. The van der Waals surface area contributed by atoms with E-state index in [1.165, 1.54) is 17.2 Å². The fraction of sp³-hybridized carbons (Fsp3) is 0.0625. The molecule has 0 aromatic heterocycles. The van der Waals surface area contributed by atoms with Gasteiger partial charge in [0.25, 0.3) is 11.6 Å². The maximum Gasteiger partial charge on any atom is 0.292 e. The number of para-hydroxylation sites is 2. The molecule has 0 radical (unpaired) electrons.